The summed E-state index contributed by atoms with van der Waals surface area (Å²) in [7, 11) is -3.63. The van der Waals surface area contributed by atoms with Crippen molar-refractivity contribution in [3.05, 3.63) is 41.0 Å². The molecule has 0 spiro atoms. The van der Waals surface area contributed by atoms with Gasteiger partial charge in [0, 0.05) is 6.54 Å². The van der Waals surface area contributed by atoms with E-state index in [9.17, 15) is 8.42 Å². The largest absolute Gasteiger partial charge is 0.465 e. The van der Waals surface area contributed by atoms with Gasteiger partial charge in [-0.05, 0) is 45.7 Å². The first-order chi connectivity index (χ1) is 10.9. The Hall–Kier alpha value is -1.64. The summed E-state index contributed by atoms with van der Waals surface area (Å²) in [5.74, 6) is 2.54. The molecule has 1 atom stereocenters. The van der Waals surface area contributed by atoms with Crippen molar-refractivity contribution < 1.29 is 17.3 Å². The molecule has 1 N–H and O–H groups in total. The van der Waals surface area contributed by atoms with Gasteiger partial charge in [0.25, 0.3) is 10.2 Å². The molecule has 3 heterocycles. The highest BCUT2D eigenvalue weighted by atomic mass is 32.2. The molecular weight excluding hydrogens is 318 g/mol. The normalized spacial score (nSPS) is 19.5. The fourth-order valence-corrected chi connectivity index (χ4v) is 4.18. The van der Waals surface area contributed by atoms with Gasteiger partial charge in [-0.1, -0.05) is 0 Å². The van der Waals surface area contributed by atoms with Crippen LogP contribution in [0.15, 0.2) is 21.0 Å². The number of nitrogens with one attached hydrogen (secondary N) is 1. The summed E-state index contributed by atoms with van der Waals surface area (Å²) >= 11 is 0. The summed E-state index contributed by atoms with van der Waals surface area (Å²) in [4.78, 5) is 4.19. The van der Waals surface area contributed by atoms with Crippen molar-refractivity contribution in [3.8, 4) is 0 Å². The van der Waals surface area contributed by atoms with Crippen molar-refractivity contribution in [3.63, 3.8) is 0 Å². The third kappa shape index (κ3) is 3.34. The number of nitrogens with zero attached hydrogens (tertiary/aromatic N) is 2. The zero-order valence-electron chi connectivity index (χ0n) is 13.5. The molecule has 8 heteroatoms. The lowest BCUT2D eigenvalue weighted by molar-refractivity contribution is 0.329. The lowest BCUT2D eigenvalue weighted by atomic mass is 10.2. The Morgan fingerprint density at radius 3 is 2.70 bits per heavy atom. The standard InChI is InChI=1S/C15H21N3O4S/c1-10-6-7-14(21-10)13-5-4-8-18(13)23(19,20)16-9-15-17-11(2)12(3)22-15/h6-7,13,16H,4-5,8-9H2,1-3H3/t13-/m1/s1. The Bertz CT molecular complexity index is 774. The van der Waals surface area contributed by atoms with E-state index in [0.717, 1.165) is 24.3 Å². The topological polar surface area (TPSA) is 88.6 Å². The average molecular weight is 339 g/mol. The van der Waals surface area contributed by atoms with E-state index in [1.165, 1.54) is 4.31 Å². The van der Waals surface area contributed by atoms with Gasteiger partial charge in [-0.2, -0.15) is 17.4 Å². The zero-order chi connectivity index (χ0) is 16.6. The first-order valence-electron chi connectivity index (χ1n) is 7.62. The van der Waals surface area contributed by atoms with Crippen LogP contribution in [0.1, 0.15) is 47.7 Å². The van der Waals surface area contributed by atoms with Crippen LogP contribution in [0.5, 0.6) is 0 Å². The number of hydrogen-bond acceptors (Lipinski definition) is 5. The van der Waals surface area contributed by atoms with E-state index in [2.05, 4.69) is 9.71 Å². The number of aryl methyl sites for hydroxylation is 3. The Morgan fingerprint density at radius 2 is 2.09 bits per heavy atom. The number of furan rings is 1. The van der Waals surface area contributed by atoms with Crippen molar-refractivity contribution >= 4 is 10.2 Å². The average Bonchev–Trinajstić information content (AvgIpc) is 3.18. The fourth-order valence-electron chi connectivity index (χ4n) is 2.80. The van der Waals surface area contributed by atoms with Crippen LogP contribution in [-0.2, 0) is 16.8 Å². The van der Waals surface area contributed by atoms with Gasteiger partial charge in [-0.15, -0.1) is 0 Å². The lowest BCUT2D eigenvalue weighted by Crippen LogP contribution is -2.39. The highest BCUT2D eigenvalue weighted by molar-refractivity contribution is 7.87. The van der Waals surface area contributed by atoms with E-state index >= 15 is 0 Å². The van der Waals surface area contributed by atoms with Crippen molar-refractivity contribution in [1.29, 1.82) is 0 Å². The van der Waals surface area contributed by atoms with Gasteiger partial charge in [0.05, 0.1) is 18.3 Å². The SMILES string of the molecule is Cc1ccc([C@H]2CCCN2S(=O)(=O)NCc2nc(C)c(C)o2)o1. The van der Waals surface area contributed by atoms with Crippen LogP contribution in [0.2, 0.25) is 0 Å². The van der Waals surface area contributed by atoms with Crippen LogP contribution in [0.25, 0.3) is 0 Å². The second-order valence-electron chi connectivity index (χ2n) is 5.79. The molecule has 0 radical (unpaired) electrons. The molecule has 2 aromatic heterocycles. The predicted octanol–water partition coefficient (Wildman–Crippen LogP) is 2.36. The van der Waals surface area contributed by atoms with E-state index < -0.39 is 10.2 Å². The Morgan fingerprint density at radius 1 is 1.30 bits per heavy atom. The van der Waals surface area contributed by atoms with Gasteiger partial charge in [0.2, 0.25) is 5.89 Å². The molecule has 3 rings (SSSR count). The Kier molecular flexibility index (Phi) is 4.31. The second kappa shape index (κ2) is 6.10. The van der Waals surface area contributed by atoms with Gasteiger partial charge in [-0.25, -0.2) is 4.98 Å². The molecule has 0 aliphatic carbocycles. The van der Waals surface area contributed by atoms with Gasteiger partial charge >= 0.3 is 0 Å². The molecule has 0 aromatic carbocycles. The molecule has 0 saturated carbocycles. The molecular formula is C15H21N3O4S. The summed E-state index contributed by atoms with van der Waals surface area (Å²) in [6, 6.07) is 3.44. The lowest BCUT2D eigenvalue weighted by Gasteiger charge is -2.22. The molecule has 23 heavy (non-hydrogen) atoms. The molecule has 0 unspecified atom stereocenters. The van der Waals surface area contributed by atoms with Crippen LogP contribution in [0.4, 0.5) is 0 Å². The van der Waals surface area contributed by atoms with Crippen molar-refractivity contribution in [2.75, 3.05) is 6.54 Å². The minimum absolute atomic E-state index is 0.0391. The van der Waals surface area contributed by atoms with Gasteiger partial charge in [-0.3, -0.25) is 0 Å². The van der Waals surface area contributed by atoms with E-state index in [1.807, 2.05) is 26.0 Å². The van der Waals surface area contributed by atoms with Crippen molar-refractivity contribution in [2.24, 2.45) is 0 Å². The molecule has 1 fully saturated rings. The first-order valence-corrected chi connectivity index (χ1v) is 9.06. The highest BCUT2D eigenvalue weighted by Gasteiger charge is 2.36. The van der Waals surface area contributed by atoms with Gasteiger partial charge in [0.15, 0.2) is 0 Å². The van der Waals surface area contributed by atoms with Crippen LogP contribution in [0.3, 0.4) is 0 Å². The summed E-state index contributed by atoms with van der Waals surface area (Å²) in [5, 5.41) is 0. The zero-order valence-corrected chi connectivity index (χ0v) is 14.3. The van der Waals surface area contributed by atoms with Crippen molar-refractivity contribution in [2.45, 2.75) is 46.2 Å². The third-order valence-electron chi connectivity index (χ3n) is 4.08. The molecule has 2 aromatic rings. The predicted molar refractivity (Wildman–Crippen MR) is 83.9 cm³/mol. The first kappa shape index (κ1) is 16.2. The second-order valence-corrected chi connectivity index (χ2v) is 7.50. The number of rotatable bonds is 5. The molecule has 0 bridgehead atoms. The summed E-state index contributed by atoms with van der Waals surface area (Å²) < 4.78 is 40.2. The molecule has 1 aliphatic heterocycles. The smallest absolute Gasteiger partial charge is 0.280 e. The summed E-state index contributed by atoms with van der Waals surface area (Å²) in [5.41, 5.74) is 0.768. The Balaban J connectivity index is 1.73. The van der Waals surface area contributed by atoms with Crippen LogP contribution in [-0.4, -0.2) is 24.3 Å². The fraction of sp³-hybridized carbons (Fsp3) is 0.533. The number of aromatic nitrogens is 1. The maximum atomic E-state index is 12.6. The molecule has 1 saturated heterocycles. The van der Waals surface area contributed by atoms with Crippen LogP contribution in [0, 0.1) is 20.8 Å². The van der Waals surface area contributed by atoms with E-state index in [-0.39, 0.29) is 12.6 Å². The summed E-state index contributed by atoms with van der Waals surface area (Å²) in [6.45, 7) is 5.99. The number of hydrogen-bond donors (Lipinski definition) is 1. The maximum absolute atomic E-state index is 12.6. The van der Waals surface area contributed by atoms with E-state index in [1.54, 1.807) is 6.92 Å². The van der Waals surface area contributed by atoms with Crippen LogP contribution >= 0.6 is 0 Å². The van der Waals surface area contributed by atoms with Gasteiger partial charge in [0.1, 0.15) is 17.3 Å². The van der Waals surface area contributed by atoms with Crippen molar-refractivity contribution in [1.82, 2.24) is 14.0 Å². The number of oxazole rings is 1. The maximum Gasteiger partial charge on any atom is 0.280 e. The quantitative estimate of drug-likeness (QED) is 0.903. The summed E-state index contributed by atoms with van der Waals surface area (Å²) in [6.07, 6.45) is 1.56. The van der Waals surface area contributed by atoms with E-state index in [0.29, 0.717) is 24.0 Å². The molecule has 1 aliphatic rings. The molecule has 7 nitrogen and oxygen atoms in total. The molecule has 0 amide bonds. The minimum atomic E-state index is -3.63. The Labute approximate surface area is 135 Å². The van der Waals surface area contributed by atoms with E-state index in [4.69, 9.17) is 8.83 Å². The van der Waals surface area contributed by atoms with Crippen LogP contribution < -0.4 is 4.72 Å². The molecule has 126 valence electrons. The third-order valence-corrected chi connectivity index (χ3v) is 5.64. The minimum Gasteiger partial charge on any atom is -0.465 e. The monoisotopic (exact) mass is 339 g/mol. The highest BCUT2D eigenvalue weighted by Crippen LogP contribution is 2.34. The van der Waals surface area contributed by atoms with Gasteiger partial charge < -0.3 is 8.83 Å².